The van der Waals surface area contributed by atoms with Gasteiger partial charge in [-0.25, -0.2) is 0 Å². The molecular weight excluding hydrogens is 394 g/mol. The van der Waals surface area contributed by atoms with Crippen LogP contribution in [0, 0.1) is 0 Å². The Bertz CT molecular complexity index is 979. The number of aryl methyl sites for hydroxylation is 1. The van der Waals surface area contributed by atoms with Gasteiger partial charge in [-0.1, -0.05) is 42.5 Å². The number of phenols is 1. The fourth-order valence-electron chi connectivity index (χ4n) is 3.52. The summed E-state index contributed by atoms with van der Waals surface area (Å²) in [5.74, 6) is 1.67. The monoisotopic (exact) mass is 423 g/mol. The maximum atomic E-state index is 11.1. The summed E-state index contributed by atoms with van der Waals surface area (Å²) >= 11 is 0. The van der Waals surface area contributed by atoms with Gasteiger partial charge in [-0.15, -0.1) is 0 Å². The van der Waals surface area contributed by atoms with Crippen molar-refractivity contribution in [1.82, 2.24) is 0 Å². The summed E-state index contributed by atoms with van der Waals surface area (Å²) in [6, 6.07) is 21.8. The minimum absolute atomic E-state index is 0.0386. The summed E-state index contributed by atoms with van der Waals surface area (Å²) in [5, 5.41) is 20.8. The van der Waals surface area contributed by atoms with Crippen molar-refractivity contribution in [1.29, 1.82) is 0 Å². The Morgan fingerprint density at radius 1 is 0.903 bits per heavy atom. The molecule has 0 bridgehead atoms. The number of phenolic OH excluding ortho intramolecular Hbond substituents is 1. The number of ether oxygens (including phenoxy) is 3. The number of hydrogen-bond acceptors (Lipinski definition) is 6. The largest absolute Gasteiger partial charge is 0.508 e. The predicted molar refractivity (Wildman–Crippen MR) is 120 cm³/mol. The van der Waals surface area contributed by atoms with E-state index in [1.807, 2.05) is 36.4 Å². The number of benzene rings is 3. The number of rotatable bonds is 10. The van der Waals surface area contributed by atoms with E-state index in [0.29, 0.717) is 35.7 Å². The molecular formula is C25H29NO5. The van der Waals surface area contributed by atoms with Gasteiger partial charge < -0.3 is 30.2 Å². The van der Waals surface area contributed by atoms with Crippen molar-refractivity contribution < 1.29 is 24.4 Å². The lowest BCUT2D eigenvalue weighted by molar-refractivity contribution is 0.0332. The second-order valence-corrected chi connectivity index (χ2v) is 7.42. The van der Waals surface area contributed by atoms with Gasteiger partial charge in [0.2, 0.25) is 0 Å². The molecule has 0 radical (unpaired) electrons. The van der Waals surface area contributed by atoms with Gasteiger partial charge in [-0.3, -0.25) is 0 Å². The van der Waals surface area contributed by atoms with Crippen molar-refractivity contribution in [3.05, 3.63) is 83.9 Å². The Labute approximate surface area is 182 Å². The van der Waals surface area contributed by atoms with E-state index < -0.39 is 11.6 Å². The van der Waals surface area contributed by atoms with E-state index in [-0.39, 0.29) is 12.4 Å². The Morgan fingerprint density at radius 3 is 2.32 bits per heavy atom. The quantitative estimate of drug-likeness (QED) is 0.461. The molecule has 6 heteroatoms. The molecule has 0 saturated heterocycles. The maximum absolute atomic E-state index is 11.1. The zero-order chi connectivity index (χ0) is 22.3. The molecule has 0 amide bonds. The summed E-state index contributed by atoms with van der Waals surface area (Å²) in [4.78, 5) is 0. The molecule has 31 heavy (non-hydrogen) atoms. The first kappa shape index (κ1) is 22.5. The highest BCUT2D eigenvalue weighted by molar-refractivity contribution is 5.45. The van der Waals surface area contributed by atoms with Crippen LogP contribution in [0.2, 0.25) is 0 Å². The lowest BCUT2D eigenvalue weighted by atomic mass is 9.80. The van der Waals surface area contributed by atoms with Crippen LogP contribution in [0.25, 0.3) is 0 Å². The van der Waals surface area contributed by atoms with Crippen molar-refractivity contribution in [3.8, 4) is 23.0 Å². The third-order valence-corrected chi connectivity index (χ3v) is 5.41. The van der Waals surface area contributed by atoms with E-state index in [1.165, 1.54) is 6.07 Å². The summed E-state index contributed by atoms with van der Waals surface area (Å²) in [6.07, 6.45) is 0.142. The van der Waals surface area contributed by atoms with Gasteiger partial charge in [0.15, 0.2) is 11.5 Å². The fraction of sp³-hybridized carbons (Fsp3) is 0.280. The molecule has 2 atom stereocenters. The summed E-state index contributed by atoms with van der Waals surface area (Å²) in [7, 11) is 3.13. The molecule has 3 rings (SSSR count). The normalized spacial score (nSPS) is 13.8. The molecule has 4 N–H and O–H groups in total. The van der Waals surface area contributed by atoms with Crippen LogP contribution in [-0.2, 0) is 12.0 Å². The zero-order valence-electron chi connectivity index (χ0n) is 17.8. The molecule has 0 aromatic heterocycles. The number of aliphatic hydroxyl groups is 1. The smallest absolute Gasteiger partial charge is 0.161 e. The maximum Gasteiger partial charge on any atom is 0.161 e. The Kier molecular flexibility index (Phi) is 7.39. The minimum Gasteiger partial charge on any atom is -0.508 e. The highest BCUT2D eigenvalue weighted by Crippen LogP contribution is 2.35. The van der Waals surface area contributed by atoms with E-state index in [4.69, 9.17) is 19.9 Å². The molecule has 164 valence electrons. The van der Waals surface area contributed by atoms with Gasteiger partial charge in [0.05, 0.1) is 19.8 Å². The lowest BCUT2D eigenvalue weighted by Gasteiger charge is -2.35. The van der Waals surface area contributed by atoms with Crippen LogP contribution in [0.3, 0.4) is 0 Å². The average molecular weight is 424 g/mol. The number of aromatic hydroxyl groups is 1. The first-order chi connectivity index (χ1) is 15.0. The highest BCUT2D eigenvalue weighted by atomic mass is 16.5. The van der Waals surface area contributed by atoms with Gasteiger partial charge in [-0.2, -0.15) is 0 Å². The van der Waals surface area contributed by atoms with Crippen LogP contribution < -0.4 is 19.9 Å². The van der Waals surface area contributed by atoms with E-state index in [9.17, 15) is 10.2 Å². The van der Waals surface area contributed by atoms with Crippen LogP contribution in [0.1, 0.15) is 17.5 Å². The second-order valence-electron chi connectivity index (χ2n) is 7.42. The third-order valence-electron chi connectivity index (χ3n) is 5.41. The summed E-state index contributed by atoms with van der Waals surface area (Å²) < 4.78 is 16.5. The van der Waals surface area contributed by atoms with Gasteiger partial charge in [0.1, 0.15) is 24.2 Å². The molecule has 0 spiro atoms. The number of methoxy groups -OCH3 is 2. The van der Waals surface area contributed by atoms with E-state index in [0.717, 1.165) is 5.56 Å². The molecule has 0 aliphatic rings. The van der Waals surface area contributed by atoms with Crippen LogP contribution in [0.5, 0.6) is 23.0 Å². The van der Waals surface area contributed by atoms with E-state index >= 15 is 0 Å². The Morgan fingerprint density at radius 2 is 1.65 bits per heavy atom. The van der Waals surface area contributed by atoms with Crippen molar-refractivity contribution >= 4 is 0 Å². The molecule has 3 aromatic rings. The minimum atomic E-state index is -1.10. The number of hydrogen-bond donors (Lipinski definition) is 3. The lowest BCUT2D eigenvalue weighted by Crippen LogP contribution is -2.51. The molecule has 0 fully saturated rings. The first-order valence-electron chi connectivity index (χ1n) is 10.1. The van der Waals surface area contributed by atoms with Gasteiger partial charge in [0.25, 0.3) is 0 Å². The van der Waals surface area contributed by atoms with Gasteiger partial charge >= 0.3 is 0 Å². The SMILES string of the molecule is COc1ccc(C(N)(CCc2ccccc2)C(O)COc2cccc(O)c2)cc1OC. The molecule has 0 aliphatic heterocycles. The molecule has 3 aromatic carbocycles. The number of aliphatic hydroxyl groups excluding tert-OH is 1. The second kappa shape index (κ2) is 10.2. The summed E-state index contributed by atoms with van der Waals surface area (Å²) in [5.41, 5.74) is 7.58. The molecule has 0 heterocycles. The fourth-order valence-corrected chi connectivity index (χ4v) is 3.52. The number of nitrogens with two attached hydrogens (primary N) is 1. The standard InChI is InChI=1S/C25H29NO5/c1-29-22-12-11-19(15-23(22)30-2)25(26,14-13-18-7-4-3-5-8-18)24(28)17-31-21-10-6-9-20(27)16-21/h3-12,15-16,24,27-28H,13-14,17,26H2,1-2H3. The highest BCUT2D eigenvalue weighted by Gasteiger charge is 2.36. The van der Waals surface area contributed by atoms with Crippen molar-refractivity contribution in [2.45, 2.75) is 24.5 Å². The molecule has 6 nitrogen and oxygen atoms in total. The van der Waals surface area contributed by atoms with Crippen molar-refractivity contribution in [2.24, 2.45) is 5.73 Å². The van der Waals surface area contributed by atoms with Gasteiger partial charge in [-0.05, 0) is 48.2 Å². The first-order valence-corrected chi connectivity index (χ1v) is 10.1. The van der Waals surface area contributed by atoms with E-state index in [1.54, 1.807) is 44.6 Å². The molecule has 2 unspecified atom stereocenters. The van der Waals surface area contributed by atoms with Gasteiger partial charge in [0, 0.05) is 6.07 Å². The Balaban J connectivity index is 1.87. The Hall–Kier alpha value is -3.22. The van der Waals surface area contributed by atoms with Crippen molar-refractivity contribution in [2.75, 3.05) is 20.8 Å². The summed E-state index contributed by atoms with van der Waals surface area (Å²) in [6.45, 7) is -0.0386. The van der Waals surface area contributed by atoms with Crippen LogP contribution in [0.4, 0.5) is 0 Å². The van der Waals surface area contributed by atoms with Crippen LogP contribution in [-0.4, -0.2) is 37.1 Å². The topological polar surface area (TPSA) is 94.2 Å². The molecule has 0 aliphatic carbocycles. The predicted octanol–water partition coefficient (Wildman–Crippen LogP) is 3.64. The van der Waals surface area contributed by atoms with E-state index in [2.05, 4.69) is 0 Å². The molecule has 0 saturated carbocycles. The zero-order valence-corrected chi connectivity index (χ0v) is 17.8. The third kappa shape index (κ3) is 5.48. The average Bonchev–Trinajstić information content (AvgIpc) is 2.81. The van der Waals surface area contributed by atoms with Crippen LogP contribution >= 0.6 is 0 Å². The van der Waals surface area contributed by atoms with Crippen molar-refractivity contribution in [3.63, 3.8) is 0 Å². The van der Waals surface area contributed by atoms with Crippen LogP contribution in [0.15, 0.2) is 72.8 Å².